The topological polar surface area (TPSA) is 66.9 Å². The predicted molar refractivity (Wildman–Crippen MR) is 85.6 cm³/mol. The zero-order valence-electron chi connectivity index (χ0n) is 12.2. The number of aryl methyl sites for hydroxylation is 2. The van der Waals surface area contributed by atoms with E-state index in [9.17, 15) is 4.79 Å². The number of carbonyl (C=O) groups excluding carboxylic acids is 1. The monoisotopic (exact) mass is 318 g/mol. The Morgan fingerprint density at radius 3 is 2.45 bits per heavy atom. The summed E-state index contributed by atoms with van der Waals surface area (Å²) in [7, 11) is 0. The molecule has 0 saturated heterocycles. The molecular formula is C13H23ClN4OS. The van der Waals surface area contributed by atoms with Crippen molar-refractivity contribution in [3.8, 4) is 0 Å². The Bertz CT molecular complexity index is 397. The molecule has 0 aromatic carbocycles. The molecule has 1 aromatic heterocycles. The molecule has 5 nitrogen and oxygen atoms in total. The van der Waals surface area contributed by atoms with E-state index in [0.29, 0.717) is 17.5 Å². The minimum atomic E-state index is 0. The van der Waals surface area contributed by atoms with Gasteiger partial charge in [-0.3, -0.25) is 4.79 Å². The van der Waals surface area contributed by atoms with Crippen molar-refractivity contribution in [3.63, 3.8) is 0 Å². The van der Waals surface area contributed by atoms with E-state index in [4.69, 9.17) is 0 Å². The van der Waals surface area contributed by atoms with Crippen LogP contribution in [0.15, 0.2) is 11.2 Å². The lowest BCUT2D eigenvalue weighted by Crippen LogP contribution is -2.33. The lowest BCUT2D eigenvalue weighted by Gasteiger charge is -2.06. The number of amides is 1. The second-order valence-electron chi connectivity index (χ2n) is 4.32. The van der Waals surface area contributed by atoms with Gasteiger partial charge < -0.3 is 10.6 Å². The van der Waals surface area contributed by atoms with E-state index in [2.05, 4.69) is 27.5 Å². The number of hydrogen-bond acceptors (Lipinski definition) is 5. The van der Waals surface area contributed by atoms with E-state index >= 15 is 0 Å². The molecule has 20 heavy (non-hydrogen) atoms. The van der Waals surface area contributed by atoms with Crippen LogP contribution in [0, 0.1) is 13.8 Å². The van der Waals surface area contributed by atoms with E-state index in [0.717, 1.165) is 30.9 Å². The Balaban J connectivity index is 0.00000361. The average molecular weight is 319 g/mol. The molecule has 0 saturated carbocycles. The van der Waals surface area contributed by atoms with Crippen LogP contribution < -0.4 is 10.6 Å². The van der Waals surface area contributed by atoms with E-state index in [1.165, 1.54) is 11.8 Å². The highest BCUT2D eigenvalue weighted by Crippen LogP contribution is 2.13. The molecule has 0 aliphatic rings. The Hall–Kier alpha value is -0.850. The van der Waals surface area contributed by atoms with Crippen molar-refractivity contribution in [2.75, 3.05) is 25.4 Å². The maximum Gasteiger partial charge on any atom is 0.230 e. The molecule has 1 heterocycles. The van der Waals surface area contributed by atoms with E-state index < -0.39 is 0 Å². The second-order valence-corrected chi connectivity index (χ2v) is 5.26. The van der Waals surface area contributed by atoms with Crippen LogP contribution in [0.5, 0.6) is 0 Å². The van der Waals surface area contributed by atoms with Gasteiger partial charge in [-0.1, -0.05) is 18.7 Å². The van der Waals surface area contributed by atoms with Gasteiger partial charge in [-0.25, -0.2) is 9.97 Å². The number of carbonyl (C=O) groups is 1. The van der Waals surface area contributed by atoms with Gasteiger partial charge in [0, 0.05) is 24.5 Å². The molecule has 0 fully saturated rings. The van der Waals surface area contributed by atoms with Gasteiger partial charge in [0.25, 0.3) is 0 Å². The summed E-state index contributed by atoms with van der Waals surface area (Å²) in [6, 6.07) is 1.92. The molecule has 1 amide bonds. The summed E-state index contributed by atoms with van der Waals surface area (Å²) < 4.78 is 0. The fraction of sp³-hybridized carbons (Fsp3) is 0.615. The molecule has 0 bridgehead atoms. The van der Waals surface area contributed by atoms with Gasteiger partial charge in [-0.2, -0.15) is 0 Å². The summed E-state index contributed by atoms with van der Waals surface area (Å²) >= 11 is 1.37. The molecular weight excluding hydrogens is 296 g/mol. The number of hydrogen-bond donors (Lipinski definition) is 2. The number of nitrogens with one attached hydrogen (secondary N) is 2. The SMILES string of the molecule is CCCNCCNC(=O)CSc1nc(C)cc(C)n1.Cl. The van der Waals surface area contributed by atoms with E-state index in [1.54, 1.807) is 0 Å². The highest BCUT2D eigenvalue weighted by atomic mass is 35.5. The maximum atomic E-state index is 11.6. The van der Waals surface area contributed by atoms with Crippen LogP contribution >= 0.6 is 24.2 Å². The van der Waals surface area contributed by atoms with Gasteiger partial charge in [-0.05, 0) is 32.9 Å². The lowest BCUT2D eigenvalue weighted by molar-refractivity contribution is -0.118. The molecule has 7 heteroatoms. The molecule has 1 rings (SSSR count). The van der Waals surface area contributed by atoms with Crippen molar-refractivity contribution in [3.05, 3.63) is 17.5 Å². The Morgan fingerprint density at radius 2 is 1.85 bits per heavy atom. The van der Waals surface area contributed by atoms with Crippen molar-refractivity contribution in [1.82, 2.24) is 20.6 Å². The van der Waals surface area contributed by atoms with Gasteiger partial charge in [-0.15, -0.1) is 12.4 Å². The van der Waals surface area contributed by atoms with Crippen molar-refractivity contribution in [2.24, 2.45) is 0 Å². The zero-order chi connectivity index (χ0) is 14.1. The lowest BCUT2D eigenvalue weighted by atomic mass is 10.4. The first-order chi connectivity index (χ1) is 9.11. The summed E-state index contributed by atoms with van der Waals surface area (Å²) in [4.78, 5) is 20.2. The van der Waals surface area contributed by atoms with Crippen molar-refractivity contribution in [2.45, 2.75) is 32.3 Å². The van der Waals surface area contributed by atoms with Crippen molar-refractivity contribution in [1.29, 1.82) is 0 Å². The van der Waals surface area contributed by atoms with E-state index in [-0.39, 0.29) is 18.3 Å². The zero-order valence-corrected chi connectivity index (χ0v) is 13.9. The first-order valence-electron chi connectivity index (χ1n) is 6.54. The molecule has 0 atom stereocenters. The highest BCUT2D eigenvalue weighted by molar-refractivity contribution is 7.99. The first-order valence-corrected chi connectivity index (χ1v) is 7.53. The normalized spacial score (nSPS) is 9.95. The molecule has 1 aromatic rings. The number of aromatic nitrogens is 2. The number of halogens is 1. The predicted octanol–water partition coefficient (Wildman–Crippen LogP) is 1.72. The largest absolute Gasteiger partial charge is 0.354 e. The summed E-state index contributed by atoms with van der Waals surface area (Å²) in [6.07, 6.45) is 1.11. The van der Waals surface area contributed by atoms with Gasteiger partial charge >= 0.3 is 0 Å². The van der Waals surface area contributed by atoms with Crippen LogP contribution in [0.4, 0.5) is 0 Å². The first kappa shape index (κ1) is 19.1. The molecule has 0 aliphatic heterocycles. The van der Waals surface area contributed by atoms with Crippen LogP contribution in [0.25, 0.3) is 0 Å². The fourth-order valence-corrected chi connectivity index (χ4v) is 2.31. The van der Waals surface area contributed by atoms with Gasteiger partial charge in [0.05, 0.1) is 5.75 Å². The summed E-state index contributed by atoms with van der Waals surface area (Å²) in [6.45, 7) is 8.43. The Kier molecular flexibility index (Phi) is 10.4. The Labute approximate surface area is 131 Å². The van der Waals surface area contributed by atoms with Crippen LogP contribution in [-0.2, 0) is 4.79 Å². The molecule has 0 radical (unpaired) electrons. The van der Waals surface area contributed by atoms with Crippen LogP contribution in [0.2, 0.25) is 0 Å². The fourth-order valence-electron chi connectivity index (χ4n) is 1.53. The standard InChI is InChI=1S/C13H22N4OS.ClH/c1-4-5-14-6-7-15-12(18)9-19-13-16-10(2)8-11(3)17-13;/h8,14H,4-7,9H2,1-3H3,(H,15,18);1H. The number of rotatable bonds is 8. The summed E-state index contributed by atoms with van der Waals surface area (Å²) in [5.74, 6) is 0.377. The number of nitrogens with zero attached hydrogens (tertiary/aromatic N) is 2. The van der Waals surface area contributed by atoms with Gasteiger partial charge in [0.15, 0.2) is 5.16 Å². The molecule has 114 valence electrons. The molecule has 0 aliphatic carbocycles. The van der Waals surface area contributed by atoms with Crippen molar-refractivity contribution < 1.29 is 4.79 Å². The highest BCUT2D eigenvalue weighted by Gasteiger charge is 2.05. The molecule has 0 unspecified atom stereocenters. The van der Waals surface area contributed by atoms with Crippen LogP contribution in [0.1, 0.15) is 24.7 Å². The second kappa shape index (κ2) is 10.9. The van der Waals surface area contributed by atoms with E-state index in [1.807, 2.05) is 19.9 Å². The smallest absolute Gasteiger partial charge is 0.230 e. The van der Waals surface area contributed by atoms with Crippen LogP contribution in [0.3, 0.4) is 0 Å². The maximum absolute atomic E-state index is 11.6. The van der Waals surface area contributed by atoms with Gasteiger partial charge in [0.2, 0.25) is 5.91 Å². The third-order valence-electron chi connectivity index (χ3n) is 2.34. The minimum absolute atomic E-state index is 0. The van der Waals surface area contributed by atoms with Crippen LogP contribution in [-0.4, -0.2) is 41.3 Å². The third-order valence-corrected chi connectivity index (χ3v) is 3.19. The third kappa shape index (κ3) is 8.35. The minimum Gasteiger partial charge on any atom is -0.354 e. The Morgan fingerprint density at radius 1 is 1.20 bits per heavy atom. The van der Waals surface area contributed by atoms with Gasteiger partial charge in [0.1, 0.15) is 0 Å². The molecule has 2 N–H and O–H groups in total. The summed E-state index contributed by atoms with van der Waals surface area (Å²) in [5.41, 5.74) is 1.86. The quantitative estimate of drug-likeness (QED) is 0.434. The average Bonchev–Trinajstić information content (AvgIpc) is 2.35. The van der Waals surface area contributed by atoms with Crippen molar-refractivity contribution >= 4 is 30.1 Å². The summed E-state index contributed by atoms with van der Waals surface area (Å²) in [5, 5.41) is 6.76. The number of thioether (sulfide) groups is 1. The molecule has 0 spiro atoms.